The van der Waals surface area contributed by atoms with Gasteiger partial charge in [-0.05, 0) is 24.1 Å². The minimum absolute atomic E-state index is 0.703. The largest absolute Gasteiger partial charge is 0.377 e. The Kier molecular flexibility index (Phi) is 4.94. The summed E-state index contributed by atoms with van der Waals surface area (Å²) in [5, 5.41) is 0. The Morgan fingerprint density at radius 3 is 2.92 bits per heavy atom. The number of rotatable bonds is 5. The summed E-state index contributed by atoms with van der Waals surface area (Å²) in [6.07, 6.45) is 2.33. The van der Waals surface area contributed by atoms with Gasteiger partial charge in [-0.15, -0.1) is 12.6 Å². The van der Waals surface area contributed by atoms with Gasteiger partial charge < -0.3 is 4.74 Å². The van der Waals surface area contributed by atoms with Crippen molar-refractivity contribution in [3.8, 4) is 0 Å². The van der Waals surface area contributed by atoms with E-state index in [0.29, 0.717) is 6.61 Å². The van der Waals surface area contributed by atoms with E-state index in [1.54, 1.807) is 0 Å². The summed E-state index contributed by atoms with van der Waals surface area (Å²) < 4.78 is 5.48. The monoisotopic (exact) mass is 196 g/mol. The van der Waals surface area contributed by atoms with Crippen LogP contribution in [0.3, 0.4) is 0 Å². The molecule has 0 unspecified atom stereocenters. The first-order chi connectivity index (χ1) is 6.33. The van der Waals surface area contributed by atoms with Gasteiger partial charge in [0, 0.05) is 11.5 Å². The van der Waals surface area contributed by atoms with Gasteiger partial charge in [-0.2, -0.15) is 0 Å². The van der Waals surface area contributed by atoms with Crippen molar-refractivity contribution in [3.05, 3.63) is 29.8 Å². The van der Waals surface area contributed by atoms with E-state index < -0.39 is 0 Å². The minimum atomic E-state index is 0.703. The molecule has 0 aromatic heterocycles. The lowest BCUT2D eigenvalue weighted by Gasteiger charge is -2.03. The predicted octanol–water partition coefficient (Wildman–Crippen LogP) is 3.29. The average Bonchev–Trinajstić information content (AvgIpc) is 2.13. The highest BCUT2D eigenvalue weighted by molar-refractivity contribution is 7.80. The smallest absolute Gasteiger partial charge is 0.0717 e. The van der Waals surface area contributed by atoms with Crippen LogP contribution in [0.15, 0.2) is 29.2 Å². The Hall–Kier alpha value is -0.470. The number of benzene rings is 1. The molecule has 0 radical (unpaired) electrons. The second-order valence-corrected chi connectivity index (χ2v) is 3.59. The van der Waals surface area contributed by atoms with Crippen molar-refractivity contribution in [3.63, 3.8) is 0 Å². The van der Waals surface area contributed by atoms with Crippen LogP contribution in [0.4, 0.5) is 0 Å². The molecule has 13 heavy (non-hydrogen) atoms. The van der Waals surface area contributed by atoms with Gasteiger partial charge in [0.05, 0.1) is 6.61 Å². The van der Waals surface area contributed by atoms with E-state index in [2.05, 4.69) is 25.6 Å². The van der Waals surface area contributed by atoms with Crippen LogP contribution in [0, 0.1) is 0 Å². The molecule has 0 atom stereocenters. The fourth-order valence-corrected chi connectivity index (χ4v) is 1.33. The lowest BCUT2D eigenvalue weighted by Crippen LogP contribution is -1.94. The lowest BCUT2D eigenvalue weighted by atomic mass is 10.2. The molecule has 0 saturated carbocycles. The predicted molar refractivity (Wildman–Crippen MR) is 58.3 cm³/mol. The Balaban J connectivity index is 2.28. The Bertz CT molecular complexity index is 248. The second-order valence-electron chi connectivity index (χ2n) is 3.08. The summed E-state index contributed by atoms with van der Waals surface area (Å²) in [4.78, 5) is 0.997. The third-order valence-electron chi connectivity index (χ3n) is 1.82. The van der Waals surface area contributed by atoms with Crippen LogP contribution in [-0.2, 0) is 11.3 Å². The van der Waals surface area contributed by atoms with Gasteiger partial charge in [0.2, 0.25) is 0 Å². The molecule has 1 aromatic carbocycles. The maximum atomic E-state index is 5.48. The fourth-order valence-electron chi connectivity index (χ4n) is 1.08. The third kappa shape index (κ3) is 4.34. The van der Waals surface area contributed by atoms with Crippen molar-refractivity contribution in [2.24, 2.45) is 0 Å². The molecule has 0 fully saturated rings. The number of hydrogen-bond acceptors (Lipinski definition) is 2. The first kappa shape index (κ1) is 10.6. The van der Waals surface area contributed by atoms with E-state index in [9.17, 15) is 0 Å². The normalized spacial score (nSPS) is 10.3. The van der Waals surface area contributed by atoms with Crippen LogP contribution in [0.25, 0.3) is 0 Å². The first-order valence-electron chi connectivity index (χ1n) is 4.68. The highest BCUT2D eigenvalue weighted by Gasteiger charge is 1.93. The average molecular weight is 196 g/mol. The van der Waals surface area contributed by atoms with Crippen molar-refractivity contribution in [1.29, 1.82) is 0 Å². The molecule has 0 aliphatic heterocycles. The minimum Gasteiger partial charge on any atom is -0.377 e. The van der Waals surface area contributed by atoms with Crippen LogP contribution >= 0.6 is 12.6 Å². The van der Waals surface area contributed by atoms with E-state index in [0.717, 1.165) is 17.9 Å². The quantitative estimate of drug-likeness (QED) is 0.561. The van der Waals surface area contributed by atoms with E-state index in [1.165, 1.54) is 12.0 Å². The zero-order valence-corrected chi connectivity index (χ0v) is 8.89. The van der Waals surface area contributed by atoms with Crippen molar-refractivity contribution in [2.45, 2.75) is 31.3 Å². The van der Waals surface area contributed by atoms with Gasteiger partial charge in [-0.3, -0.25) is 0 Å². The SMILES string of the molecule is CCCCOCc1cccc(S)c1. The van der Waals surface area contributed by atoms with Crippen molar-refractivity contribution in [1.82, 2.24) is 0 Å². The molecule has 0 spiro atoms. The molecule has 1 rings (SSSR count). The van der Waals surface area contributed by atoms with Crippen molar-refractivity contribution < 1.29 is 4.74 Å². The van der Waals surface area contributed by atoms with E-state index in [-0.39, 0.29) is 0 Å². The van der Waals surface area contributed by atoms with Gasteiger partial charge in [0.25, 0.3) is 0 Å². The maximum Gasteiger partial charge on any atom is 0.0717 e. The summed E-state index contributed by atoms with van der Waals surface area (Å²) in [6, 6.07) is 8.07. The van der Waals surface area contributed by atoms with Crippen LogP contribution in [-0.4, -0.2) is 6.61 Å². The number of thiol groups is 1. The number of unbranched alkanes of at least 4 members (excludes halogenated alkanes) is 1. The highest BCUT2D eigenvalue weighted by atomic mass is 32.1. The number of ether oxygens (including phenoxy) is 1. The van der Waals surface area contributed by atoms with Crippen LogP contribution in [0.1, 0.15) is 25.3 Å². The van der Waals surface area contributed by atoms with Crippen LogP contribution < -0.4 is 0 Å². The fraction of sp³-hybridized carbons (Fsp3) is 0.455. The highest BCUT2D eigenvalue weighted by Crippen LogP contribution is 2.09. The molecule has 0 saturated heterocycles. The van der Waals surface area contributed by atoms with Crippen molar-refractivity contribution >= 4 is 12.6 Å². The lowest BCUT2D eigenvalue weighted by molar-refractivity contribution is 0.118. The first-order valence-corrected chi connectivity index (χ1v) is 5.13. The zero-order valence-electron chi connectivity index (χ0n) is 7.99. The van der Waals surface area contributed by atoms with E-state index in [1.807, 2.05) is 18.2 Å². The molecular weight excluding hydrogens is 180 g/mol. The topological polar surface area (TPSA) is 9.23 Å². The summed E-state index contributed by atoms with van der Waals surface area (Å²) in [6.45, 7) is 3.72. The Labute approximate surface area is 85.5 Å². The molecule has 0 heterocycles. The molecule has 0 aliphatic carbocycles. The third-order valence-corrected chi connectivity index (χ3v) is 2.10. The van der Waals surface area contributed by atoms with Crippen LogP contribution in [0.5, 0.6) is 0 Å². The van der Waals surface area contributed by atoms with E-state index >= 15 is 0 Å². The molecule has 0 aliphatic rings. The van der Waals surface area contributed by atoms with Gasteiger partial charge >= 0.3 is 0 Å². The van der Waals surface area contributed by atoms with Gasteiger partial charge in [-0.25, -0.2) is 0 Å². The molecule has 2 heteroatoms. The van der Waals surface area contributed by atoms with Crippen LogP contribution in [0.2, 0.25) is 0 Å². The Morgan fingerprint density at radius 1 is 1.38 bits per heavy atom. The second kappa shape index (κ2) is 6.06. The molecule has 1 nitrogen and oxygen atoms in total. The number of hydrogen-bond donors (Lipinski definition) is 1. The molecule has 1 aromatic rings. The maximum absolute atomic E-state index is 5.48. The molecule has 0 N–H and O–H groups in total. The van der Waals surface area contributed by atoms with Gasteiger partial charge in [0.1, 0.15) is 0 Å². The summed E-state index contributed by atoms with van der Waals surface area (Å²) in [5.41, 5.74) is 1.20. The summed E-state index contributed by atoms with van der Waals surface area (Å²) in [5.74, 6) is 0. The summed E-state index contributed by atoms with van der Waals surface area (Å²) >= 11 is 4.26. The van der Waals surface area contributed by atoms with Gasteiger partial charge in [-0.1, -0.05) is 25.5 Å². The summed E-state index contributed by atoms with van der Waals surface area (Å²) in [7, 11) is 0. The standard InChI is InChI=1S/C11H16OS/c1-2-3-7-12-9-10-5-4-6-11(13)8-10/h4-6,8,13H,2-3,7,9H2,1H3. The molecule has 72 valence electrons. The molecule has 0 bridgehead atoms. The zero-order chi connectivity index (χ0) is 9.52. The van der Waals surface area contributed by atoms with Crippen molar-refractivity contribution in [2.75, 3.05) is 6.61 Å². The van der Waals surface area contributed by atoms with E-state index in [4.69, 9.17) is 4.74 Å². The molecular formula is C11H16OS. The molecule has 0 amide bonds. The van der Waals surface area contributed by atoms with Gasteiger partial charge in [0.15, 0.2) is 0 Å². The Morgan fingerprint density at radius 2 is 2.23 bits per heavy atom.